The fraction of sp³-hybridized carbons (Fsp3) is 0.316. The molecule has 0 unspecified atom stereocenters. The SMILES string of the molecule is C=CC(=O)N1CCC(C(=O)NNC(=O)c2oc3ccccc3c2C)CC1. The average Bonchev–Trinajstić information content (AvgIpc) is 3.02. The number of fused-ring (bicyclic) bond motifs is 1. The van der Waals surface area contributed by atoms with E-state index in [0.717, 1.165) is 10.9 Å². The zero-order valence-corrected chi connectivity index (χ0v) is 14.6. The van der Waals surface area contributed by atoms with Gasteiger partial charge in [0, 0.05) is 30.0 Å². The maximum Gasteiger partial charge on any atom is 0.305 e. The van der Waals surface area contributed by atoms with Gasteiger partial charge in [0.05, 0.1) is 0 Å². The van der Waals surface area contributed by atoms with Crippen LogP contribution in [0.3, 0.4) is 0 Å². The molecule has 0 radical (unpaired) electrons. The molecular formula is C19H21N3O4. The van der Waals surface area contributed by atoms with Crippen molar-refractivity contribution < 1.29 is 18.8 Å². The fourth-order valence-electron chi connectivity index (χ4n) is 3.16. The smallest absolute Gasteiger partial charge is 0.305 e. The molecule has 3 amide bonds. The van der Waals surface area contributed by atoms with Gasteiger partial charge in [0.1, 0.15) is 5.58 Å². The van der Waals surface area contributed by atoms with Gasteiger partial charge < -0.3 is 9.32 Å². The van der Waals surface area contributed by atoms with Gasteiger partial charge in [-0.15, -0.1) is 0 Å². The predicted octanol–water partition coefficient (Wildman–Crippen LogP) is 1.93. The molecule has 136 valence electrons. The van der Waals surface area contributed by atoms with Gasteiger partial charge >= 0.3 is 5.91 Å². The molecule has 2 aromatic rings. The third-order valence-corrected chi connectivity index (χ3v) is 4.70. The number of hydrogen-bond donors (Lipinski definition) is 2. The van der Waals surface area contributed by atoms with Crippen LogP contribution in [-0.4, -0.2) is 35.7 Å². The van der Waals surface area contributed by atoms with Crippen LogP contribution in [0.25, 0.3) is 11.0 Å². The van der Waals surface area contributed by atoms with E-state index in [4.69, 9.17) is 4.42 Å². The minimum atomic E-state index is -0.494. The number of aryl methyl sites for hydroxylation is 1. The van der Waals surface area contributed by atoms with E-state index in [9.17, 15) is 14.4 Å². The summed E-state index contributed by atoms with van der Waals surface area (Å²) < 4.78 is 5.57. The summed E-state index contributed by atoms with van der Waals surface area (Å²) in [4.78, 5) is 37.8. The van der Waals surface area contributed by atoms with Gasteiger partial charge in [-0.25, -0.2) is 0 Å². The highest BCUT2D eigenvalue weighted by atomic mass is 16.3. The Morgan fingerprint density at radius 3 is 2.54 bits per heavy atom. The Balaban J connectivity index is 1.56. The van der Waals surface area contributed by atoms with Crippen LogP contribution < -0.4 is 10.9 Å². The summed E-state index contributed by atoms with van der Waals surface area (Å²) in [5.41, 5.74) is 6.22. The van der Waals surface area contributed by atoms with Crippen LogP contribution in [0.5, 0.6) is 0 Å². The van der Waals surface area contributed by atoms with Gasteiger partial charge in [-0.1, -0.05) is 24.8 Å². The number of piperidine rings is 1. The van der Waals surface area contributed by atoms with Crippen molar-refractivity contribution in [2.45, 2.75) is 19.8 Å². The Hall–Kier alpha value is -3.09. The van der Waals surface area contributed by atoms with Crippen LogP contribution in [0.1, 0.15) is 29.0 Å². The Morgan fingerprint density at radius 1 is 1.19 bits per heavy atom. The minimum absolute atomic E-state index is 0.127. The van der Waals surface area contributed by atoms with Gasteiger partial charge in [-0.05, 0) is 31.9 Å². The first kappa shape index (κ1) is 17.7. The molecule has 0 saturated carbocycles. The molecule has 1 aliphatic heterocycles. The summed E-state index contributed by atoms with van der Waals surface area (Å²) in [5.74, 6) is -0.958. The van der Waals surface area contributed by atoms with E-state index in [1.807, 2.05) is 18.2 Å². The summed E-state index contributed by atoms with van der Waals surface area (Å²) in [5, 5.41) is 0.864. The lowest BCUT2D eigenvalue weighted by Gasteiger charge is -2.30. The van der Waals surface area contributed by atoms with Crippen LogP contribution in [0.15, 0.2) is 41.3 Å². The van der Waals surface area contributed by atoms with Crippen LogP contribution >= 0.6 is 0 Å². The fourth-order valence-corrected chi connectivity index (χ4v) is 3.16. The van der Waals surface area contributed by atoms with Gasteiger partial charge in [0.2, 0.25) is 11.8 Å². The zero-order valence-electron chi connectivity index (χ0n) is 14.6. The van der Waals surface area contributed by atoms with Crippen molar-refractivity contribution in [3.05, 3.63) is 48.2 Å². The number of carbonyl (C=O) groups excluding carboxylic acids is 3. The highest BCUT2D eigenvalue weighted by Gasteiger charge is 2.27. The number of hydrogen-bond acceptors (Lipinski definition) is 4. The minimum Gasteiger partial charge on any atom is -0.451 e. The number of likely N-dealkylation sites (tertiary alicyclic amines) is 1. The Bertz CT molecular complexity index is 863. The lowest BCUT2D eigenvalue weighted by molar-refractivity contribution is -0.132. The second-order valence-electron chi connectivity index (χ2n) is 6.30. The number of hydrazine groups is 1. The third kappa shape index (κ3) is 3.46. The molecule has 0 aliphatic carbocycles. The van der Waals surface area contributed by atoms with Crippen LogP contribution in [0, 0.1) is 12.8 Å². The van der Waals surface area contributed by atoms with Crippen LogP contribution in [-0.2, 0) is 9.59 Å². The highest BCUT2D eigenvalue weighted by Crippen LogP contribution is 2.24. The molecule has 7 heteroatoms. The van der Waals surface area contributed by atoms with E-state index in [1.165, 1.54) is 6.08 Å². The zero-order chi connectivity index (χ0) is 18.7. The van der Waals surface area contributed by atoms with E-state index in [1.54, 1.807) is 17.9 Å². The molecule has 26 heavy (non-hydrogen) atoms. The number of nitrogens with one attached hydrogen (secondary N) is 2. The Kier molecular flexibility index (Phi) is 5.06. The molecule has 0 bridgehead atoms. The van der Waals surface area contributed by atoms with Crippen molar-refractivity contribution >= 4 is 28.7 Å². The van der Waals surface area contributed by atoms with Crippen LogP contribution in [0.2, 0.25) is 0 Å². The molecule has 1 aromatic carbocycles. The average molecular weight is 355 g/mol. The van der Waals surface area contributed by atoms with Crippen molar-refractivity contribution in [1.82, 2.24) is 15.8 Å². The molecule has 1 fully saturated rings. The standard InChI is InChI=1S/C19H21N3O4/c1-3-16(23)22-10-8-13(9-11-22)18(24)20-21-19(25)17-12(2)14-6-4-5-7-15(14)26-17/h3-7,13H,1,8-11H2,2H3,(H,20,24)(H,21,25). The van der Waals surface area contributed by atoms with Gasteiger partial charge in [0.15, 0.2) is 5.76 Å². The molecule has 2 N–H and O–H groups in total. The molecule has 0 spiro atoms. The van der Waals surface area contributed by atoms with Gasteiger partial charge in [0.25, 0.3) is 0 Å². The predicted molar refractivity (Wildman–Crippen MR) is 96.1 cm³/mol. The van der Waals surface area contributed by atoms with Crippen molar-refractivity contribution in [1.29, 1.82) is 0 Å². The van der Waals surface area contributed by atoms with Gasteiger partial charge in [-0.2, -0.15) is 0 Å². The molecule has 3 rings (SSSR count). The molecular weight excluding hydrogens is 334 g/mol. The van der Waals surface area contributed by atoms with E-state index >= 15 is 0 Å². The summed E-state index contributed by atoms with van der Waals surface area (Å²) in [6.45, 7) is 6.26. The van der Waals surface area contributed by atoms with E-state index in [-0.39, 0.29) is 23.5 Å². The van der Waals surface area contributed by atoms with E-state index in [0.29, 0.717) is 31.5 Å². The molecule has 2 heterocycles. The largest absolute Gasteiger partial charge is 0.451 e. The Labute approximate surface area is 151 Å². The summed E-state index contributed by atoms with van der Waals surface area (Å²) in [6, 6.07) is 7.37. The number of nitrogens with zero attached hydrogens (tertiary/aromatic N) is 1. The molecule has 1 aliphatic rings. The highest BCUT2D eigenvalue weighted by molar-refractivity contribution is 5.99. The van der Waals surface area contributed by atoms with Crippen LogP contribution in [0.4, 0.5) is 0 Å². The van der Waals surface area contributed by atoms with Crippen molar-refractivity contribution in [3.63, 3.8) is 0 Å². The van der Waals surface area contributed by atoms with Crippen molar-refractivity contribution in [2.24, 2.45) is 5.92 Å². The summed E-state index contributed by atoms with van der Waals surface area (Å²) in [6.07, 6.45) is 2.37. The number of furan rings is 1. The quantitative estimate of drug-likeness (QED) is 0.650. The first-order valence-electron chi connectivity index (χ1n) is 8.51. The number of carbonyl (C=O) groups is 3. The molecule has 0 atom stereocenters. The second kappa shape index (κ2) is 7.43. The van der Waals surface area contributed by atoms with E-state index in [2.05, 4.69) is 17.4 Å². The first-order chi connectivity index (χ1) is 12.5. The number of rotatable bonds is 3. The number of amides is 3. The van der Waals surface area contributed by atoms with Gasteiger partial charge in [-0.3, -0.25) is 25.2 Å². The summed E-state index contributed by atoms with van der Waals surface area (Å²) in [7, 11) is 0. The van der Waals surface area contributed by atoms with Crippen molar-refractivity contribution in [2.75, 3.05) is 13.1 Å². The topological polar surface area (TPSA) is 91.7 Å². The maximum atomic E-state index is 12.3. The number of para-hydroxylation sites is 1. The third-order valence-electron chi connectivity index (χ3n) is 4.70. The summed E-state index contributed by atoms with van der Waals surface area (Å²) >= 11 is 0. The normalized spacial score (nSPS) is 14.9. The van der Waals surface area contributed by atoms with E-state index < -0.39 is 5.91 Å². The first-order valence-corrected chi connectivity index (χ1v) is 8.51. The second-order valence-corrected chi connectivity index (χ2v) is 6.30. The molecule has 1 saturated heterocycles. The maximum absolute atomic E-state index is 12.3. The van der Waals surface area contributed by atoms with Crippen molar-refractivity contribution in [3.8, 4) is 0 Å². The molecule has 7 nitrogen and oxygen atoms in total. The lowest BCUT2D eigenvalue weighted by atomic mass is 9.96. The lowest BCUT2D eigenvalue weighted by Crippen LogP contribution is -2.48. The Morgan fingerprint density at radius 2 is 1.88 bits per heavy atom. The monoisotopic (exact) mass is 355 g/mol. The number of benzene rings is 1. The molecule has 1 aromatic heterocycles.